The van der Waals surface area contributed by atoms with Crippen LogP contribution in [-0.4, -0.2) is 30.1 Å². The van der Waals surface area contributed by atoms with Gasteiger partial charge in [-0.25, -0.2) is 0 Å². The van der Waals surface area contributed by atoms with Crippen molar-refractivity contribution in [1.29, 1.82) is 0 Å². The second kappa shape index (κ2) is 5.56. The maximum atomic E-state index is 11.8. The molecule has 1 fully saturated rings. The highest BCUT2D eigenvalue weighted by Crippen LogP contribution is 2.28. The molecule has 1 aliphatic heterocycles. The molecule has 5 nitrogen and oxygen atoms in total. The third-order valence-corrected chi connectivity index (χ3v) is 2.97. The Labute approximate surface area is 111 Å². The minimum absolute atomic E-state index is 0.0487. The van der Waals surface area contributed by atoms with Gasteiger partial charge in [-0.3, -0.25) is 9.59 Å². The van der Waals surface area contributed by atoms with Crippen LogP contribution in [0.4, 0.5) is 5.69 Å². The van der Waals surface area contributed by atoms with Gasteiger partial charge in [-0.1, -0.05) is 18.7 Å². The summed E-state index contributed by atoms with van der Waals surface area (Å²) in [6.45, 7) is 4.15. The van der Waals surface area contributed by atoms with E-state index in [9.17, 15) is 9.59 Å². The molecular weight excluding hydrogens is 246 g/mol. The largest absolute Gasteiger partial charge is 0.489 e. The van der Waals surface area contributed by atoms with Gasteiger partial charge in [0.05, 0.1) is 5.92 Å². The highest BCUT2D eigenvalue weighted by Gasteiger charge is 2.35. The Kier molecular flexibility index (Phi) is 3.85. The highest BCUT2D eigenvalue weighted by molar-refractivity contribution is 5.99. The zero-order chi connectivity index (χ0) is 13.8. The maximum absolute atomic E-state index is 11.8. The van der Waals surface area contributed by atoms with Crippen LogP contribution in [0.15, 0.2) is 36.9 Å². The van der Waals surface area contributed by atoms with E-state index >= 15 is 0 Å². The smallest absolute Gasteiger partial charge is 0.308 e. The second-order valence-electron chi connectivity index (χ2n) is 4.34. The van der Waals surface area contributed by atoms with Gasteiger partial charge in [-0.2, -0.15) is 0 Å². The molecule has 1 heterocycles. The van der Waals surface area contributed by atoms with Crippen LogP contribution in [0.5, 0.6) is 5.75 Å². The van der Waals surface area contributed by atoms with E-state index in [1.807, 2.05) is 0 Å². The number of carboxylic acid groups (broad SMARTS) is 1. The van der Waals surface area contributed by atoms with E-state index in [0.717, 1.165) is 0 Å². The molecule has 0 saturated carbocycles. The lowest BCUT2D eigenvalue weighted by molar-refractivity contribution is -0.141. The van der Waals surface area contributed by atoms with Crippen molar-refractivity contribution in [3.8, 4) is 5.75 Å². The number of rotatable bonds is 5. The lowest BCUT2D eigenvalue weighted by Crippen LogP contribution is -2.25. The number of aliphatic carboxylic acids is 1. The summed E-state index contributed by atoms with van der Waals surface area (Å²) >= 11 is 0. The third-order valence-electron chi connectivity index (χ3n) is 2.97. The van der Waals surface area contributed by atoms with Crippen LogP contribution in [0.2, 0.25) is 0 Å². The van der Waals surface area contributed by atoms with Gasteiger partial charge in [0.15, 0.2) is 0 Å². The highest BCUT2D eigenvalue weighted by atomic mass is 16.5. The standard InChI is InChI=1S/C14H15NO4/c1-2-6-19-12-5-3-4-11(8-12)15-9-10(14(17)18)7-13(15)16/h2-5,8,10H,1,6-7,9H2,(H,17,18)/t10-/m1/s1. The normalized spacial score (nSPS) is 18.4. The van der Waals surface area contributed by atoms with Crippen molar-refractivity contribution < 1.29 is 19.4 Å². The van der Waals surface area contributed by atoms with Crippen LogP contribution >= 0.6 is 0 Å². The molecule has 1 aliphatic rings. The van der Waals surface area contributed by atoms with Crippen LogP contribution in [0, 0.1) is 5.92 Å². The minimum atomic E-state index is -0.935. The zero-order valence-electron chi connectivity index (χ0n) is 10.4. The third kappa shape index (κ3) is 2.93. The first-order chi connectivity index (χ1) is 9.11. The number of carbonyl (C=O) groups excluding carboxylic acids is 1. The van der Waals surface area contributed by atoms with E-state index in [0.29, 0.717) is 18.0 Å². The summed E-state index contributed by atoms with van der Waals surface area (Å²) in [6.07, 6.45) is 1.68. The number of benzene rings is 1. The van der Waals surface area contributed by atoms with E-state index in [1.54, 1.807) is 30.3 Å². The van der Waals surface area contributed by atoms with Crippen LogP contribution in [0.1, 0.15) is 6.42 Å². The van der Waals surface area contributed by atoms with E-state index in [-0.39, 0.29) is 18.9 Å². The average Bonchev–Trinajstić information content (AvgIpc) is 2.79. The fraction of sp³-hybridized carbons (Fsp3) is 0.286. The number of nitrogens with zero attached hydrogens (tertiary/aromatic N) is 1. The van der Waals surface area contributed by atoms with Crippen molar-refractivity contribution >= 4 is 17.6 Å². The molecule has 1 aromatic rings. The topological polar surface area (TPSA) is 66.8 Å². The summed E-state index contributed by atoms with van der Waals surface area (Å²) in [5.41, 5.74) is 0.662. The predicted octanol–water partition coefficient (Wildman–Crippen LogP) is 1.69. The predicted molar refractivity (Wildman–Crippen MR) is 70.2 cm³/mol. The maximum Gasteiger partial charge on any atom is 0.308 e. The summed E-state index contributed by atoms with van der Waals surface area (Å²) in [5.74, 6) is -1.11. The number of anilines is 1. The van der Waals surface area contributed by atoms with Crippen LogP contribution in [0.25, 0.3) is 0 Å². The summed E-state index contributed by atoms with van der Waals surface area (Å²) in [5, 5.41) is 8.95. The SMILES string of the molecule is C=CCOc1cccc(N2C[C@H](C(=O)O)CC2=O)c1. The van der Waals surface area contributed by atoms with Crippen LogP contribution in [-0.2, 0) is 9.59 Å². The van der Waals surface area contributed by atoms with Gasteiger partial charge >= 0.3 is 5.97 Å². The first-order valence-electron chi connectivity index (χ1n) is 5.98. The van der Waals surface area contributed by atoms with Gasteiger partial charge in [0, 0.05) is 24.7 Å². The molecule has 1 N–H and O–H groups in total. The molecule has 0 unspecified atom stereocenters. The van der Waals surface area contributed by atoms with Crippen molar-refractivity contribution in [3.05, 3.63) is 36.9 Å². The molecule has 1 atom stereocenters. The number of carboxylic acids is 1. The molecule has 1 saturated heterocycles. The fourth-order valence-electron chi connectivity index (χ4n) is 2.02. The second-order valence-corrected chi connectivity index (χ2v) is 4.34. The Bertz CT molecular complexity index is 512. The van der Waals surface area contributed by atoms with E-state index in [1.165, 1.54) is 4.90 Å². The van der Waals surface area contributed by atoms with Crippen molar-refractivity contribution in [2.75, 3.05) is 18.1 Å². The van der Waals surface area contributed by atoms with Gasteiger partial charge in [-0.05, 0) is 12.1 Å². The Morgan fingerprint density at radius 1 is 1.58 bits per heavy atom. The fourth-order valence-corrected chi connectivity index (χ4v) is 2.02. The molecule has 0 aliphatic carbocycles. The number of hydrogen-bond donors (Lipinski definition) is 1. The number of carbonyl (C=O) groups is 2. The molecule has 0 bridgehead atoms. The monoisotopic (exact) mass is 261 g/mol. The summed E-state index contributed by atoms with van der Waals surface area (Å²) in [4.78, 5) is 24.2. The molecule has 19 heavy (non-hydrogen) atoms. The van der Waals surface area contributed by atoms with Crippen molar-refractivity contribution in [2.45, 2.75) is 6.42 Å². The average molecular weight is 261 g/mol. The molecule has 0 radical (unpaired) electrons. The molecule has 2 rings (SSSR count). The van der Waals surface area contributed by atoms with Crippen molar-refractivity contribution in [2.24, 2.45) is 5.92 Å². The molecule has 0 aromatic heterocycles. The number of amides is 1. The Balaban J connectivity index is 2.15. The molecular formula is C14H15NO4. The van der Waals surface area contributed by atoms with Crippen LogP contribution < -0.4 is 9.64 Å². The van der Waals surface area contributed by atoms with Gasteiger partial charge in [0.2, 0.25) is 5.91 Å². The molecule has 0 spiro atoms. The lowest BCUT2D eigenvalue weighted by Gasteiger charge is -2.17. The first-order valence-corrected chi connectivity index (χ1v) is 5.98. The summed E-state index contributed by atoms with van der Waals surface area (Å²) in [7, 11) is 0. The lowest BCUT2D eigenvalue weighted by atomic mass is 10.1. The van der Waals surface area contributed by atoms with E-state index < -0.39 is 11.9 Å². The van der Waals surface area contributed by atoms with Gasteiger partial charge in [0.1, 0.15) is 12.4 Å². The van der Waals surface area contributed by atoms with Gasteiger partial charge in [0.25, 0.3) is 0 Å². The Morgan fingerprint density at radius 2 is 2.37 bits per heavy atom. The first kappa shape index (κ1) is 13.1. The van der Waals surface area contributed by atoms with Gasteiger partial charge < -0.3 is 14.7 Å². The summed E-state index contributed by atoms with van der Waals surface area (Å²) < 4.78 is 5.39. The quantitative estimate of drug-likeness (QED) is 0.819. The minimum Gasteiger partial charge on any atom is -0.489 e. The van der Waals surface area contributed by atoms with E-state index in [4.69, 9.17) is 9.84 Å². The van der Waals surface area contributed by atoms with Crippen molar-refractivity contribution in [3.63, 3.8) is 0 Å². The molecule has 5 heteroatoms. The Hall–Kier alpha value is -2.30. The summed E-state index contributed by atoms with van der Waals surface area (Å²) in [6, 6.07) is 7.05. The molecule has 100 valence electrons. The number of hydrogen-bond acceptors (Lipinski definition) is 3. The van der Waals surface area contributed by atoms with E-state index in [2.05, 4.69) is 6.58 Å². The van der Waals surface area contributed by atoms with Crippen molar-refractivity contribution in [1.82, 2.24) is 0 Å². The molecule has 1 amide bonds. The molecule has 1 aromatic carbocycles. The number of ether oxygens (including phenoxy) is 1. The zero-order valence-corrected chi connectivity index (χ0v) is 10.4. The van der Waals surface area contributed by atoms with Crippen LogP contribution in [0.3, 0.4) is 0 Å². The van der Waals surface area contributed by atoms with Gasteiger partial charge in [-0.15, -0.1) is 0 Å². The Morgan fingerprint density at radius 3 is 3.00 bits per heavy atom.